The van der Waals surface area contributed by atoms with Crippen molar-refractivity contribution in [1.82, 2.24) is 5.32 Å². The molecule has 1 saturated heterocycles. The van der Waals surface area contributed by atoms with E-state index in [2.05, 4.69) is 12.2 Å². The van der Waals surface area contributed by atoms with Crippen LogP contribution in [0.3, 0.4) is 0 Å². The van der Waals surface area contributed by atoms with E-state index in [1.807, 2.05) is 0 Å². The van der Waals surface area contributed by atoms with E-state index in [0.717, 1.165) is 13.0 Å². The summed E-state index contributed by atoms with van der Waals surface area (Å²) in [5, 5.41) is 24.6. The first-order chi connectivity index (χ1) is 19.8. The van der Waals surface area contributed by atoms with E-state index >= 15 is 0 Å². The molecule has 2 rings (SSSR count). The molecule has 11 nitrogen and oxygen atoms in total. The van der Waals surface area contributed by atoms with E-state index in [4.69, 9.17) is 42.9 Å². The fourth-order valence-electron chi connectivity index (χ4n) is 5.93. The maximum absolute atomic E-state index is 11.1. The van der Waals surface area contributed by atoms with Gasteiger partial charge < -0.3 is 58.4 Å². The largest absolute Gasteiger partial charge is 0.390 e. The minimum Gasteiger partial charge on any atom is -0.390 e. The van der Waals surface area contributed by atoms with E-state index in [0.29, 0.717) is 13.0 Å². The van der Waals surface area contributed by atoms with Gasteiger partial charge in [0.15, 0.2) is 6.29 Å². The van der Waals surface area contributed by atoms with Crippen LogP contribution in [0.15, 0.2) is 0 Å². The van der Waals surface area contributed by atoms with Gasteiger partial charge in [-0.2, -0.15) is 0 Å². The molecule has 0 aromatic rings. The van der Waals surface area contributed by atoms with Crippen LogP contribution in [0, 0.1) is 0 Å². The molecule has 2 aliphatic rings. The molecule has 244 valence electrons. The molecule has 1 aliphatic heterocycles. The maximum atomic E-state index is 11.1. The van der Waals surface area contributed by atoms with Gasteiger partial charge in [0, 0.05) is 31.2 Å². The van der Waals surface area contributed by atoms with Crippen molar-refractivity contribution in [3.05, 3.63) is 0 Å². The summed E-state index contributed by atoms with van der Waals surface area (Å²) in [7, 11) is 0. The van der Waals surface area contributed by atoms with Crippen LogP contribution in [0.1, 0.15) is 103 Å². The number of unbranched alkanes of at least 4 members (excludes halogenated alkanes) is 12. The molecule has 0 amide bonds. The topological polar surface area (TPSA) is 210 Å². The highest BCUT2D eigenvalue weighted by molar-refractivity contribution is 4.99. The van der Waals surface area contributed by atoms with Crippen molar-refractivity contribution in [2.24, 2.45) is 28.7 Å². The van der Waals surface area contributed by atoms with Gasteiger partial charge in [0.1, 0.15) is 18.3 Å². The van der Waals surface area contributed by atoms with Gasteiger partial charge in [-0.05, 0) is 25.8 Å². The lowest BCUT2D eigenvalue weighted by atomic mass is 9.84. The minimum atomic E-state index is -1.07. The Hall–Kier alpha value is -0.440. The Bertz CT molecular complexity index is 652. The van der Waals surface area contributed by atoms with Gasteiger partial charge in [0.05, 0.1) is 24.9 Å². The Balaban J connectivity index is 1.56. The molecule has 2 fully saturated rings. The van der Waals surface area contributed by atoms with Crippen LogP contribution in [0.4, 0.5) is 0 Å². The van der Waals surface area contributed by atoms with Crippen LogP contribution in [-0.4, -0.2) is 97.4 Å². The molecule has 1 aliphatic carbocycles. The Labute approximate surface area is 248 Å². The number of rotatable bonds is 22. The molecule has 0 spiro atoms. The molecule has 41 heavy (non-hydrogen) atoms. The van der Waals surface area contributed by atoms with E-state index in [-0.39, 0.29) is 25.6 Å². The summed E-state index contributed by atoms with van der Waals surface area (Å²) in [6, 6.07) is -1.77. The summed E-state index contributed by atoms with van der Waals surface area (Å²) in [5.74, 6) is 0. The number of ether oxygens (including phenoxy) is 3. The second-order valence-electron chi connectivity index (χ2n) is 12.4. The molecule has 0 aromatic carbocycles. The molecule has 1 heterocycles. The molecular formula is C30H64N6O5. The lowest BCUT2D eigenvalue weighted by Crippen LogP contribution is -2.65. The van der Waals surface area contributed by atoms with Gasteiger partial charge in [-0.25, -0.2) is 0 Å². The summed E-state index contributed by atoms with van der Waals surface area (Å²) in [6.45, 7) is 4.22. The second-order valence-corrected chi connectivity index (χ2v) is 12.4. The molecule has 0 aromatic heterocycles. The number of hydrogen-bond donors (Lipinski definition) is 8. The van der Waals surface area contributed by atoms with Crippen LogP contribution in [0.25, 0.3) is 0 Å². The summed E-state index contributed by atoms with van der Waals surface area (Å²) in [4.78, 5) is 0. The highest BCUT2D eigenvalue weighted by Gasteiger charge is 2.46. The van der Waals surface area contributed by atoms with Crippen LogP contribution < -0.4 is 34.0 Å². The zero-order chi connectivity index (χ0) is 30.0. The monoisotopic (exact) mass is 588 g/mol. The third-order valence-corrected chi connectivity index (χ3v) is 8.55. The minimum absolute atomic E-state index is 0.134. The van der Waals surface area contributed by atoms with Crippen LogP contribution >= 0.6 is 0 Å². The quantitative estimate of drug-likeness (QED) is 0.0834. The maximum Gasteiger partial charge on any atom is 0.173 e. The van der Waals surface area contributed by atoms with Crippen molar-refractivity contribution in [1.29, 1.82) is 0 Å². The van der Waals surface area contributed by atoms with Crippen LogP contribution in [0.2, 0.25) is 0 Å². The molecule has 11 heteroatoms. The van der Waals surface area contributed by atoms with E-state index in [9.17, 15) is 10.2 Å². The van der Waals surface area contributed by atoms with Crippen molar-refractivity contribution >= 4 is 0 Å². The van der Waals surface area contributed by atoms with Gasteiger partial charge in [-0.15, -0.1) is 0 Å². The smallest absolute Gasteiger partial charge is 0.173 e. The fourth-order valence-corrected chi connectivity index (χ4v) is 5.93. The van der Waals surface area contributed by atoms with Crippen LogP contribution in [-0.2, 0) is 14.2 Å². The number of aliphatic hydroxyl groups is 2. The molecule has 0 radical (unpaired) electrons. The fraction of sp³-hybridized carbons (Fsp3) is 1.00. The lowest BCUT2D eigenvalue weighted by molar-refractivity contribution is -0.270. The number of hydrogen-bond acceptors (Lipinski definition) is 11. The molecule has 0 bridgehead atoms. The van der Waals surface area contributed by atoms with Crippen molar-refractivity contribution in [3.8, 4) is 0 Å². The highest BCUT2D eigenvalue weighted by atomic mass is 16.7. The van der Waals surface area contributed by atoms with Gasteiger partial charge in [0.25, 0.3) is 0 Å². The standard InChI is InChI=1S/C30H64N6O5/c1-2-3-4-5-6-7-8-9-10-11-12-13-14-15-36-19-21(32)20-39-28-22(33)16-23(34)29(27(28)38)41-30-24(35)17-25(37)26(18-31)40-30/h21-30,36-38H,2-20,31-35H2,1H3/t21-,22-,23+,24+,25-,26+,27-,28+,29-,30+/m0/s1. The van der Waals surface area contributed by atoms with Gasteiger partial charge in [-0.1, -0.05) is 84.0 Å². The molecular weight excluding hydrogens is 524 g/mol. The second kappa shape index (κ2) is 21.3. The lowest BCUT2D eigenvalue weighted by Gasteiger charge is -2.45. The molecule has 13 N–H and O–H groups in total. The van der Waals surface area contributed by atoms with E-state index < -0.39 is 54.9 Å². The third-order valence-electron chi connectivity index (χ3n) is 8.55. The molecule has 0 unspecified atom stereocenters. The van der Waals surface area contributed by atoms with Gasteiger partial charge >= 0.3 is 0 Å². The first-order valence-electron chi connectivity index (χ1n) is 16.5. The Morgan fingerprint density at radius 3 is 1.95 bits per heavy atom. The summed E-state index contributed by atoms with van der Waals surface area (Å²) in [5.41, 5.74) is 30.7. The summed E-state index contributed by atoms with van der Waals surface area (Å²) >= 11 is 0. The Kier molecular flexibility index (Phi) is 19.1. The number of nitrogens with two attached hydrogens (primary N) is 5. The predicted molar refractivity (Wildman–Crippen MR) is 164 cm³/mol. The van der Waals surface area contributed by atoms with Crippen LogP contribution in [0.5, 0.6) is 0 Å². The average Bonchev–Trinajstić information content (AvgIpc) is 2.94. The average molecular weight is 589 g/mol. The summed E-state index contributed by atoms with van der Waals surface area (Å²) in [6.07, 6.45) is 13.4. The van der Waals surface area contributed by atoms with E-state index in [1.54, 1.807) is 0 Å². The third kappa shape index (κ3) is 13.8. The predicted octanol–water partition coefficient (Wildman–Crippen LogP) is 0.946. The van der Waals surface area contributed by atoms with Gasteiger partial charge in [-0.3, -0.25) is 0 Å². The SMILES string of the molecule is CCCCCCCCCCCCCCCNC[C@H](N)CO[C@H]1[C@H](O)[C@@H](O[C@H]2O[C@H](CN)[C@@H](O)C[C@H]2N)[C@H](N)C[C@@H]1N. The zero-order valence-electron chi connectivity index (χ0n) is 25.7. The first-order valence-corrected chi connectivity index (χ1v) is 16.5. The summed E-state index contributed by atoms with van der Waals surface area (Å²) < 4.78 is 17.8. The zero-order valence-corrected chi connectivity index (χ0v) is 25.7. The molecule has 1 saturated carbocycles. The van der Waals surface area contributed by atoms with Crippen molar-refractivity contribution in [2.45, 2.75) is 164 Å². The normalized spacial score (nSPS) is 33.2. The van der Waals surface area contributed by atoms with E-state index in [1.165, 1.54) is 77.0 Å². The highest BCUT2D eigenvalue weighted by Crippen LogP contribution is 2.28. The Morgan fingerprint density at radius 1 is 0.805 bits per heavy atom. The first kappa shape index (κ1) is 36.8. The van der Waals surface area contributed by atoms with Gasteiger partial charge in [0.2, 0.25) is 0 Å². The van der Waals surface area contributed by atoms with Crippen molar-refractivity contribution in [3.63, 3.8) is 0 Å². The molecule has 10 atom stereocenters. The number of nitrogens with one attached hydrogen (secondary N) is 1. The Morgan fingerprint density at radius 2 is 1.37 bits per heavy atom. The van der Waals surface area contributed by atoms with Crippen molar-refractivity contribution in [2.75, 3.05) is 26.2 Å². The van der Waals surface area contributed by atoms with Crippen molar-refractivity contribution < 1.29 is 24.4 Å². The number of aliphatic hydroxyl groups excluding tert-OH is 2.